The molecule has 0 saturated heterocycles. The number of hydrogen-bond donors (Lipinski definition) is 0. The van der Waals surface area contributed by atoms with Gasteiger partial charge in [-0.05, 0) is 53.6 Å². The number of aromatic nitrogens is 1. The van der Waals surface area contributed by atoms with Gasteiger partial charge >= 0.3 is 0 Å². The molecule has 5 nitrogen and oxygen atoms in total. The minimum Gasteiger partial charge on any atom is -0.454 e. The van der Waals surface area contributed by atoms with Gasteiger partial charge in [0.15, 0.2) is 11.5 Å². The predicted molar refractivity (Wildman–Crippen MR) is 123 cm³/mol. The van der Waals surface area contributed by atoms with Crippen LogP contribution in [0.15, 0.2) is 91.1 Å². The highest BCUT2D eigenvalue weighted by Crippen LogP contribution is 2.33. The van der Waals surface area contributed by atoms with Crippen molar-refractivity contribution in [1.29, 1.82) is 0 Å². The molecular formula is C27H23FN2O3. The normalized spacial score (nSPS) is 12.0. The highest BCUT2D eigenvalue weighted by molar-refractivity contribution is 5.95. The highest BCUT2D eigenvalue weighted by Gasteiger charge is 2.22. The van der Waals surface area contributed by atoms with Crippen LogP contribution in [-0.2, 0) is 19.6 Å². The van der Waals surface area contributed by atoms with Crippen molar-refractivity contribution in [3.63, 3.8) is 0 Å². The Morgan fingerprint density at radius 3 is 2.45 bits per heavy atom. The van der Waals surface area contributed by atoms with E-state index in [0.717, 1.165) is 16.8 Å². The Labute approximate surface area is 191 Å². The Morgan fingerprint density at radius 2 is 1.64 bits per heavy atom. The fraction of sp³-hybridized carbons (Fsp3) is 0.148. The molecule has 4 aromatic rings. The molecule has 5 rings (SSSR count). The van der Waals surface area contributed by atoms with Crippen LogP contribution in [0.25, 0.3) is 0 Å². The van der Waals surface area contributed by atoms with E-state index in [0.29, 0.717) is 36.7 Å². The summed E-state index contributed by atoms with van der Waals surface area (Å²) >= 11 is 0. The molecule has 0 fully saturated rings. The maximum absolute atomic E-state index is 13.6. The molecule has 1 aliphatic heterocycles. The van der Waals surface area contributed by atoms with Gasteiger partial charge in [0.2, 0.25) is 6.79 Å². The van der Waals surface area contributed by atoms with Crippen molar-refractivity contribution in [3.05, 3.63) is 119 Å². The van der Waals surface area contributed by atoms with Gasteiger partial charge in [0.1, 0.15) is 5.82 Å². The summed E-state index contributed by atoms with van der Waals surface area (Å²) in [6, 6.07) is 25.6. The van der Waals surface area contributed by atoms with Gasteiger partial charge in [-0.15, -0.1) is 0 Å². The van der Waals surface area contributed by atoms with Crippen LogP contribution in [0.1, 0.15) is 27.2 Å². The van der Waals surface area contributed by atoms with Gasteiger partial charge in [0, 0.05) is 30.5 Å². The lowest BCUT2D eigenvalue weighted by Crippen LogP contribution is -2.31. The van der Waals surface area contributed by atoms with E-state index >= 15 is 0 Å². The lowest BCUT2D eigenvalue weighted by atomic mass is 10.1. The summed E-state index contributed by atoms with van der Waals surface area (Å²) in [6.45, 7) is 1.66. The molecule has 1 aromatic heterocycles. The molecule has 0 saturated carbocycles. The molecule has 166 valence electrons. The van der Waals surface area contributed by atoms with Crippen LogP contribution in [0.3, 0.4) is 0 Å². The van der Waals surface area contributed by atoms with Crippen molar-refractivity contribution < 1.29 is 18.7 Å². The Hall–Kier alpha value is -4.06. The molecule has 3 aromatic carbocycles. The lowest BCUT2D eigenvalue weighted by Gasteiger charge is -2.24. The van der Waals surface area contributed by atoms with E-state index in [4.69, 9.17) is 9.47 Å². The molecular weight excluding hydrogens is 419 g/mol. The van der Waals surface area contributed by atoms with Crippen molar-refractivity contribution in [2.75, 3.05) is 6.79 Å². The SMILES string of the molecule is O=C(c1ccc2c(c1)OCO2)N(Cc1ccccc1)Cc1cccn1Cc1ccc(F)cc1. The molecule has 2 heterocycles. The van der Waals surface area contributed by atoms with E-state index in [9.17, 15) is 9.18 Å². The van der Waals surface area contributed by atoms with Crippen molar-refractivity contribution in [2.45, 2.75) is 19.6 Å². The number of benzene rings is 3. The zero-order chi connectivity index (χ0) is 22.6. The number of halogens is 1. The van der Waals surface area contributed by atoms with Crippen LogP contribution in [-0.4, -0.2) is 22.2 Å². The third-order valence-corrected chi connectivity index (χ3v) is 5.67. The number of rotatable bonds is 7. The van der Waals surface area contributed by atoms with Crippen LogP contribution >= 0.6 is 0 Å². The summed E-state index contributed by atoms with van der Waals surface area (Å²) in [6.07, 6.45) is 1.98. The summed E-state index contributed by atoms with van der Waals surface area (Å²) < 4.78 is 26.2. The molecule has 6 heteroatoms. The number of carbonyl (C=O) groups is 1. The van der Waals surface area contributed by atoms with Crippen molar-refractivity contribution in [2.24, 2.45) is 0 Å². The van der Waals surface area contributed by atoms with Crippen molar-refractivity contribution >= 4 is 5.91 Å². The zero-order valence-electron chi connectivity index (χ0n) is 18.0. The average Bonchev–Trinajstić information content (AvgIpc) is 3.49. The zero-order valence-corrected chi connectivity index (χ0v) is 18.0. The van der Waals surface area contributed by atoms with Gasteiger partial charge in [-0.3, -0.25) is 4.79 Å². The minimum atomic E-state index is -0.255. The Kier molecular flexibility index (Phi) is 5.81. The molecule has 1 aliphatic rings. The minimum absolute atomic E-state index is 0.0910. The third-order valence-electron chi connectivity index (χ3n) is 5.67. The summed E-state index contributed by atoms with van der Waals surface area (Å²) in [5.74, 6) is 0.885. The molecule has 0 spiro atoms. The molecule has 33 heavy (non-hydrogen) atoms. The van der Waals surface area contributed by atoms with E-state index in [2.05, 4.69) is 4.57 Å². The maximum atomic E-state index is 13.6. The largest absolute Gasteiger partial charge is 0.454 e. The van der Waals surface area contributed by atoms with E-state index in [1.54, 1.807) is 30.3 Å². The number of carbonyl (C=O) groups excluding carboxylic acids is 1. The first-order valence-electron chi connectivity index (χ1n) is 10.8. The fourth-order valence-corrected chi connectivity index (χ4v) is 3.94. The summed E-state index contributed by atoms with van der Waals surface area (Å²) in [4.78, 5) is 15.4. The van der Waals surface area contributed by atoms with Crippen LogP contribution in [0.4, 0.5) is 4.39 Å². The monoisotopic (exact) mass is 442 g/mol. The Morgan fingerprint density at radius 1 is 0.848 bits per heavy atom. The number of nitrogens with zero attached hydrogens (tertiary/aromatic N) is 2. The van der Waals surface area contributed by atoms with Gasteiger partial charge in [-0.2, -0.15) is 0 Å². The van der Waals surface area contributed by atoms with Crippen LogP contribution < -0.4 is 9.47 Å². The number of hydrogen-bond acceptors (Lipinski definition) is 3. The molecule has 0 unspecified atom stereocenters. The smallest absolute Gasteiger partial charge is 0.254 e. The molecule has 0 atom stereocenters. The molecule has 0 radical (unpaired) electrons. The van der Waals surface area contributed by atoms with Gasteiger partial charge in [-0.1, -0.05) is 42.5 Å². The first-order chi connectivity index (χ1) is 16.2. The van der Waals surface area contributed by atoms with Crippen molar-refractivity contribution in [3.8, 4) is 11.5 Å². The summed E-state index contributed by atoms with van der Waals surface area (Å²) in [5.41, 5.74) is 3.57. The average molecular weight is 442 g/mol. The van der Waals surface area contributed by atoms with E-state index in [1.807, 2.05) is 53.6 Å². The van der Waals surface area contributed by atoms with Crippen molar-refractivity contribution in [1.82, 2.24) is 9.47 Å². The van der Waals surface area contributed by atoms with Gasteiger partial charge in [0.25, 0.3) is 5.91 Å². The van der Waals surface area contributed by atoms with Crippen LogP contribution in [0.5, 0.6) is 11.5 Å². The first kappa shape index (κ1) is 20.8. The van der Waals surface area contributed by atoms with E-state index in [-0.39, 0.29) is 18.5 Å². The molecule has 0 N–H and O–H groups in total. The molecule has 0 bridgehead atoms. The van der Waals surface area contributed by atoms with Gasteiger partial charge in [0.05, 0.1) is 6.54 Å². The first-order valence-corrected chi connectivity index (χ1v) is 10.8. The number of amides is 1. The van der Waals surface area contributed by atoms with Gasteiger partial charge < -0.3 is 18.9 Å². The second kappa shape index (κ2) is 9.20. The van der Waals surface area contributed by atoms with E-state index < -0.39 is 0 Å². The van der Waals surface area contributed by atoms with E-state index in [1.165, 1.54) is 12.1 Å². The fourth-order valence-electron chi connectivity index (χ4n) is 3.94. The quantitative estimate of drug-likeness (QED) is 0.393. The second-order valence-electron chi connectivity index (χ2n) is 7.97. The third kappa shape index (κ3) is 4.75. The lowest BCUT2D eigenvalue weighted by molar-refractivity contribution is 0.0726. The Bertz CT molecular complexity index is 1250. The maximum Gasteiger partial charge on any atom is 0.254 e. The summed E-state index contributed by atoms with van der Waals surface area (Å²) in [5, 5.41) is 0. The summed E-state index contributed by atoms with van der Waals surface area (Å²) in [7, 11) is 0. The standard InChI is InChI=1S/C27H23FN2O3/c28-23-11-8-21(9-12-23)16-29-14-4-7-24(29)18-30(17-20-5-2-1-3-6-20)27(31)22-10-13-25-26(15-22)33-19-32-25/h1-15H,16-19H2. The predicted octanol–water partition coefficient (Wildman–Crippen LogP) is 5.25. The molecule has 1 amide bonds. The highest BCUT2D eigenvalue weighted by atomic mass is 19.1. The van der Waals surface area contributed by atoms with Crippen LogP contribution in [0.2, 0.25) is 0 Å². The number of ether oxygens (including phenoxy) is 2. The number of fused-ring (bicyclic) bond motifs is 1. The topological polar surface area (TPSA) is 43.7 Å². The van der Waals surface area contributed by atoms with Gasteiger partial charge in [-0.25, -0.2) is 4.39 Å². The van der Waals surface area contributed by atoms with Crippen LogP contribution in [0, 0.1) is 5.82 Å². The molecule has 0 aliphatic carbocycles. The Balaban J connectivity index is 1.41. The second-order valence-corrected chi connectivity index (χ2v) is 7.97.